The summed E-state index contributed by atoms with van der Waals surface area (Å²) in [4.78, 5) is 4.76. The predicted molar refractivity (Wildman–Crippen MR) is 81.5 cm³/mol. The molecule has 0 aromatic heterocycles. The van der Waals surface area contributed by atoms with Crippen LogP contribution in [0.3, 0.4) is 0 Å². The average molecular weight is 299 g/mol. The first kappa shape index (κ1) is 15.6. The molecule has 0 radical (unpaired) electrons. The number of aliphatic hydroxyl groups is 1. The van der Waals surface area contributed by atoms with Gasteiger partial charge in [0.15, 0.2) is 0 Å². The average Bonchev–Trinajstić information content (AvgIpc) is 2.47. The quantitative estimate of drug-likeness (QED) is 0.778. The molecule has 5 heteroatoms. The van der Waals surface area contributed by atoms with Crippen LogP contribution in [0.25, 0.3) is 0 Å². The van der Waals surface area contributed by atoms with Crippen molar-refractivity contribution in [1.29, 1.82) is 0 Å². The third kappa shape index (κ3) is 5.29. The number of nitrogens with zero attached hydrogens (tertiary/aromatic N) is 2. The highest BCUT2D eigenvalue weighted by Gasteiger charge is 2.15. The molecular formula is C15H23ClN2O2. The normalized spacial score (nSPS) is 17.3. The van der Waals surface area contributed by atoms with Crippen LogP contribution >= 0.6 is 11.6 Å². The molecule has 1 heterocycles. The van der Waals surface area contributed by atoms with Crippen molar-refractivity contribution < 1.29 is 9.84 Å². The SMILES string of the molecule is OCCN1CCN(CCCOc2ccc(Cl)cc2)CC1. The summed E-state index contributed by atoms with van der Waals surface area (Å²) in [6.45, 7) is 7.14. The van der Waals surface area contributed by atoms with Crippen molar-refractivity contribution in [3.63, 3.8) is 0 Å². The lowest BCUT2D eigenvalue weighted by atomic mass is 10.3. The highest BCUT2D eigenvalue weighted by Crippen LogP contribution is 2.15. The van der Waals surface area contributed by atoms with Crippen LogP contribution in [0.5, 0.6) is 5.75 Å². The molecule has 1 aromatic rings. The molecule has 1 aromatic carbocycles. The molecule has 1 fully saturated rings. The monoisotopic (exact) mass is 298 g/mol. The molecule has 2 rings (SSSR count). The Labute approximate surface area is 125 Å². The van der Waals surface area contributed by atoms with E-state index in [0.717, 1.165) is 63.1 Å². The zero-order valence-corrected chi connectivity index (χ0v) is 12.6. The van der Waals surface area contributed by atoms with Gasteiger partial charge >= 0.3 is 0 Å². The van der Waals surface area contributed by atoms with Gasteiger partial charge in [0.05, 0.1) is 13.2 Å². The lowest BCUT2D eigenvalue weighted by molar-refractivity contribution is 0.108. The van der Waals surface area contributed by atoms with Gasteiger partial charge in [-0.05, 0) is 30.7 Å². The van der Waals surface area contributed by atoms with Gasteiger partial charge in [0.1, 0.15) is 5.75 Å². The van der Waals surface area contributed by atoms with E-state index >= 15 is 0 Å². The van der Waals surface area contributed by atoms with Gasteiger partial charge in [0.2, 0.25) is 0 Å². The number of β-amino-alcohol motifs (C(OH)–C–C–N with tert-alkyl or cyclic N) is 1. The van der Waals surface area contributed by atoms with Gasteiger partial charge in [-0.1, -0.05) is 11.6 Å². The van der Waals surface area contributed by atoms with E-state index in [1.807, 2.05) is 24.3 Å². The summed E-state index contributed by atoms with van der Waals surface area (Å²) in [5.74, 6) is 0.877. The molecule has 1 aliphatic rings. The number of halogens is 1. The van der Waals surface area contributed by atoms with E-state index in [0.29, 0.717) is 0 Å². The lowest BCUT2D eigenvalue weighted by Crippen LogP contribution is -2.47. The van der Waals surface area contributed by atoms with Gasteiger partial charge < -0.3 is 14.7 Å². The first-order chi connectivity index (χ1) is 9.78. The molecule has 0 unspecified atom stereocenters. The van der Waals surface area contributed by atoms with Crippen molar-refractivity contribution in [2.75, 3.05) is 52.5 Å². The van der Waals surface area contributed by atoms with Crippen LogP contribution in [0, 0.1) is 0 Å². The Kier molecular flexibility index (Phi) is 6.60. The predicted octanol–water partition coefficient (Wildman–Crippen LogP) is 1.72. The van der Waals surface area contributed by atoms with E-state index in [4.69, 9.17) is 21.4 Å². The largest absolute Gasteiger partial charge is 0.494 e. The molecule has 0 aliphatic carbocycles. The molecule has 0 bridgehead atoms. The molecule has 4 nitrogen and oxygen atoms in total. The van der Waals surface area contributed by atoms with Gasteiger partial charge in [-0.3, -0.25) is 4.90 Å². The molecular weight excluding hydrogens is 276 g/mol. The number of benzene rings is 1. The van der Waals surface area contributed by atoms with Crippen LogP contribution in [0.4, 0.5) is 0 Å². The zero-order chi connectivity index (χ0) is 14.2. The molecule has 0 saturated carbocycles. The van der Waals surface area contributed by atoms with Crippen LogP contribution in [-0.4, -0.2) is 67.4 Å². The fourth-order valence-corrected chi connectivity index (χ4v) is 2.51. The molecule has 112 valence electrons. The summed E-state index contributed by atoms with van der Waals surface area (Å²) in [5.41, 5.74) is 0. The van der Waals surface area contributed by atoms with E-state index in [9.17, 15) is 0 Å². The van der Waals surface area contributed by atoms with Crippen LogP contribution in [0.15, 0.2) is 24.3 Å². The van der Waals surface area contributed by atoms with Crippen molar-refractivity contribution in [2.24, 2.45) is 0 Å². The van der Waals surface area contributed by atoms with E-state index < -0.39 is 0 Å². The Morgan fingerprint density at radius 3 is 2.20 bits per heavy atom. The van der Waals surface area contributed by atoms with Gasteiger partial charge in [-0.2, -0.15) is 0 Å². The minimum Gasteiger partial charge on any atom is -0.494 e. The first-order valence-electron chi connectivity index (χ1n) is 7.22. The Bertz CT molecular complexity index is 378. The third-order valence-corrected chi connectivity index (χ3v) is 3.83. The van der Waals surface area contributed by atoms with Gasteiger partial charge in [0.25, 0.3) is 0 Å². The molecule has 1 N–H and O–H groups in total. The molecule has 0 atom stereocenters. The van der Waals surface area contributed by atoms with Crippen molar-refractivity contribution in [3.8, 4) is 5.75 Å². The first-order valence-corrected chi connectivity index (χ1v) is 7.59. The topological polar surface area (TPSA) is 35.9 Å². The maximum Gasteiger partial charge on any atom is 0.119 e. The van der Waals surface area contributed by atoms with E-state index in [1.54, 1.807) is 0 Å². The summed E-state index contributed by atoms with van der Waals surface area (Å²) in [6, 6.07) is 7.49. The highest BCUT2D eigenvalue weighted by molar-refractivity contribution is 6.30. The van der Waals surface area contributed by atoms with Crippen LogP contribution in [-0.2, 0) is 0 Å². The van der Waals surface area contributed by atoms with E-state index in [1.165, 1.54) is 0 Å². The summed E-state index contributed by atoms with van der Waals surface area (Å²) in [5, 5.41) is 9.64. The molecule has 0 spiro atoms. The second-order valence-corrected chi connectivity index (χ2v) is 5.50. The van der Waals surface area contributed by atoms with Gasteiger partial charge in [-0.25, -0.2) is 0 Å². The van der Waals surface area contributed by atoms with Crippen molar-refractivity contribution >= 4 is 11.6 Å². The smallest absolute Gasteiger partial charge is 0.119 e. The summed E-state index contributed by atoms with van der Waals surface area (Å²) < 4.78 is 5.68. The lowest BCUT2D eigenvalue weighted by Gasteiger charge is -2.34. The summed E-state index contributed by atoms with van der Waals surface area (Å²) >= 11 is 5.83. The van der Waals surface area contributed by atoms with E-state index in [-0.39, 0.29) is 6.61 Å². The number of piperazine rings is 1. The Morgan fingerprint density at radius 2 is 1.60 bits per heavy atom. The molecule has 20 heavy (non-hydrogen) atoms. The Balaban J connectivity index is 1.56. The molecule has 1 aliphatic heterocycles. The highest BCUT2D eigenvalue weighted by atomic mass is 35.5. The fraction of sp³-hybridized carbons (Fsp3) is 0.600. The maximum absolute atomic E-state index is 8.90. The van der Waals surface area contributed by atoms with Crippen molar-refractivity contribution in [3.05, 3.63) is 29.3 Å². The third-order valence-electron chi connectivity index (χ3n) is 3.58. The minimum atomic E-state index is 0.259. The standard InChI is InChI=1S/C15H23ClN2O2/c16-14-2-4-15(5-3-14)20-13-1-6-17-7-9-18(10-8-17)11-12-19/h2-5,19H,1,6-13H2. The number of ether oxygens (including phenoxy) is 1. The summed E-state index contributed by atoms with van der Waals surface area (Å²) in [7, 11) is 0. The van der Waals surface area contributed by atoms with Gasteiger partial charge in [0, 0.05) is 44.3 Å². The Morgan fingerprint density at radius 1 is 1.00 bits per heavy atom. The van der Waals surface area contributed by atoms with Crippen molar-refractivity contribution in [1.82, 2.24) is 9.80 Å². The molecule has 0 amide bonds. The Hall–Kier alpha value is -0.810. The number of hydrogen-bond donors (Lipinski definition) is 1. The number of hydrogen-bond acceptors (Lipinski definition) is 4. The van der Waals surface area contributed by atoms with Gasteiger partial charge in [-0.15, -0.1) is 0 Å². The van der Waals surface area contributed by atoms with Crippen LogP contribution in [0.2, 0.25) is 5.02 Å². The summed E-state index contributed by atoms with van der Waals surface area (Å²) in [6.07, 6.45) is 1.03. The van der Waals surface area contributed by atoms with Crippen LogP contribution in [0.1, 0.15) is 6.42 Å². The maximum atomic E-state index is 8.90. The number of rotatable bonds is 7. The van der Waals surface area contributed by atoms with Crippen molar-refractivity contribution in [2.45, 2.75) is 6.42 Å². The van der Waals surface area contributed by atoms with Crippen LogP contribution < -0.4 is 4.74 Å². The molecule has 1 saturated heterocycles. The number of aliphatic hydroxyl groups excluding tert-OH is 1. The second-order valence-electron chi connectivity index (χ2n) is 5.06. The minimum absolute atomic E-state index is 0.259. The van der Waals surface area contributed by atoms with E-state index in [2.05, 4.69) is 9.80 Å². The fourth-order valence-electron chi connectivity index (χ4n) is 2.39. The second kappa shape index (κ2) is 8.47. The zero-order valence-electron chi connectivity index (χ0n) is 11.8.